The SMILES string of the molecule is CN(CCc1ccc(O)c(O)c1)c1ccncc1. The van der Waals surface area contributed by atoms with Crippen LogP contribution in [0.15, 0.2) is 42.7 Å². The lowest BCUT2D eigenvalue weighted by Crippen LogP contribution is -2.20. The Bertz CT molecular complexity index is 514. The van der Waals surface area contributed by atoms with Crippen LogP contribution in [0.4, 0.5) is 5.69 Å². The molecule has 1 heterocycles. The average Bonchev–Trinajstić information content (AvgIpc) is 2.41. The summed E-state index contributed by atoms with van der Waals surface area (Å²) in [7, 11) is 2.01. The molecule has 0 aliphatic carbocycles. The molecule has 2 rings (SSSR count). The molecule has 0 fully saturated rings. The number of pyridine rings is 1. The number of rotatable bonds is 4. The van der Waals surface area contributed by atoms with Gasteiger partial charge in [0.2, 0.25) is 0 Å². The van der Waals surface area contributed by atoms with Crippen molar-refractivity contribution in [2.45, 2.75) is 6.42 Å². The molecule has 0 amide bonds. The first kappa shape index (κ1) is 12.2. The number of nitrogens with zero attached hydrogens (tertiary/aromatic N) is 2. The molecule has 0 saturated heterocycles. The van der Waals surface area contributed by atoms with E-state index in [1.54, 1.807) is 18.5 Å². The van der Waals surface area contributed by atoms with Gasteiger partial charge in [-0.15, -0.1) is 0 Å². The normalized spacial score (nSPS) is 10.3. The van der Waals surface area contributed by atoms with Crippen LogP contribution in [0.2, 0.25) is 0 Å². The van der Waals surface area contributed by atoms with E-state index >= 15 is 0 Å². The zero-order chi connectivity index (χ0) is 13.0. The quantitative estimate of drug-likeness (QED) is 0.809. The fourth-order valence-corrected chi connectivity index (χ4v) is 1.75. The molecule has 0 atom stereocenters. The minimum atomic E-state index is -0.0822. The molecular weight excluding hydrogens is 228 g/mol. The Morgan fingerprint density at radius 2 is 1.78 bits per heavy atom. The third kappa shape index (κ3) is 2.91. The molecule has 0 saturated carbocycles. The van der Waals surface area contributed by atoms with Crippen LogP contribution in [0.1, 0.15) is 5.56 Å². The van der Waals surface area contributed by atoms with E-state index in [9.17, 15) is 10.2 Å². The third-order valence-electron chi connectivity index (χ3n) is 2.88. The Kier molecular flexibility index (Phi) is 3.67. The Morgan fingerprint density at radius 1 is 1.06 bits per heavy atom. The highest BCUT2D eigenvalue weighted by molar-refractivity contribution is 5.44. The van der Waals surface area contributed by atoms with Crippen molar-refractivity contribution in [2.75, 3.05) is 18.5 Å². The number of aromatic hydroxyl groups is 2. The van der Waals surface area contributed by atoms with Gasteiger partial charge < -0.3 is 15.1 Å². The van der Waals surface area contributed by atoms with E-state index in [-0.39, 0.29) is 11.5 Å². The van der Waals surface area contributed by atoms with Gasteiger partial charge in [0.05, 0.1) is 0 Å². The Balaban J connectivity index is 1.97. The van der Waals surface area contributed by atoms with Crippen LogP contribution in [-0.4, -0.2) is 28.8 Å². The number of anilines is 1. The number of phenolic OH excluding ortho intramolecular Hbond substituents is 2. The maximum absolute atomic E-state index is 9.41. The smallest absolute Gasteiger partial charge is 0.157 e. The van der Waals surface area contributed by atoms with Crippen molar-refractivity contribution >= 4 is 5.69 Å². The molecule has 0 radical (unpaired) electrons. The maximum Gasteiger partial charge on any atom is 0.157 e. The van der Waals surface area contributed by atoms with Crippen LogP contribution >= 0.6 is 0 Å². The van der Waals surface area contributed by atoms with E-state index in [0.717, 1.165) is 24.2 Å². The molecule has 1 aromatic heterocycles. The minimum absolute atomic E-state index is 0.0703. The molecule has 0 bridgehead atoms. The zero-order valence-electron chi connectivity index (χ0n) is 10.2. The predicted molar refractivity (Wildman–Crippen MR) is 71.0 cm³/mol. The van der Waals surface area contributed by atoms with E-state index in [0.29, 0.717) is 0 Å². The first-order valence-corrected chi connectivity index (χ1v) is 5.79. The highest BCUT2D eigenvalue weighted by Crippen LogP contribution is 2.25. The van der Waals surface area contributed by atoms with Crippen LogP contribution in [0.25, 0.3) is 0 Å². The first-order valence-electron chi connectivity index (χ1n) is 5.79. The van der Waals surface area contributed by atoms with Gasteiger partial charge in [-0.25, -0.2) is 0 Å². The summed E-state index contributed by atoms with van der Waals surface area (Å²) in [5, 5.41) is 18.6. The lowest BCUT2D eigenvalue weighted by Gasteiger charge is -2.18. The number of hydrogen-bond donors (Lipinski definition) is 2. The van der Waals surface area contributed by atoms with Crippen molar-refractivity contribution in [3.63, 3.8) is 0 Å². The summed E-state index contributed by atoms with van der Waals surface area (Å²) in [4.78, 5) is 6.10. The van der Waals surface area contributed by atoms with Gasteiger partial charge in [0.1, 0.15) is 0 Å². The number of hydrogen-bond acceptors (Lipinski definition) is 4. The van der Waals surface area contributed by atoms with E-state index in [2.05, 4.69) is 9.88 Å². The molecule has 4 nitrogen and oxygen atoms in total. The monoisotopic (exact) mass is 244 g/mol. The second-order valence-electron chi connectivity index (χ2n) is 4.20. The van der Waals surface area contributed by atoms with Gasteiger partial charge in [-0.2, -0.15) is 0 Å². The van der Waals surface area contributed by atoms with Gasteiger partial charge in [-0.1, -0.05) is 6.07 Å². The molecule has 0 aliphatic rings. The van der Waals surface area contributed by atoms with Gasteiger partial charge >= 0.3 is 0 Å². The molecule has 18 heavy (non-hydrogen) atoms. The van der Waals surface area contributed by atoms with Crippen molar-refractivity contribution in [1.82, 2.24) is 4.98 Å². The molecule has 4 heteroatoms. The molecule has 0 aliphatic heterocycles. The highest BCUT2D eigenvalue weighted by atomic mass is 16.3. The third-order valence-corrected chi connectivity index (χ3v) is 2.88. The van der Waals surface area contributed by atoms with Crippen LogP contribution in [-0.2, 0) is 6.42 Å². The van der Waals surface area contributed by atoms with Crippen LogP contribution in [0, 0.1) is 0 Å². The standard InChI is InChI=1S/C14H16N2O2/c1-16(12-4-7-15-8-5-12)9-6-11-2-3-13(17)14(18)10-11/h2-5,7-8,10,17-18H,6,9H2,1H3. The van der Waals surface area contributed by atoms with Gasteiger partial charge in [-0.3, -0.25) is 4.98 Å². The highest BCUT2D eigenvalue weighted by Gasteiger charge is 2.03. The maximum atomic E-state index is 9.41. The van der Waals surface area contributed by atoms with Gasteiger partial charge in [0, 0.05) is 31.7 Å². The summed E-state index contributed by atoms with van der Waals surface area (Å²) < 4.78 is 0. The number of benzene rings is 1. The second-order valence-corrected chi connectivity index (χ2v) is 4.20. The lowest BCUT2D eigenvalue weighted by atomic mass is 10.1. The average molecular weight is 244 g/mol. The molecule has 2 aromatic rings. The van der Waals surface area contributed by atoms with E-state index in [4.69, 9.17) is 0 Å². The summed E-state index contributed by atoms with van der Waals surface area (Å²) >= 11 is 0. The van der Waals surface area contributed by atoms with Gasteiger partial charge in [-0.05, 0) is 36.2 Å². The van der Waals surface area contributed by atoms with E-state index in [1.165, 1.54) is 6.07 Å². The minimum Gasteiger partial charge on any atom is -0.504 e. The first-order chi connectivity index (χ1) is 8.66. The molecule has 0 unspecified atom stereocenters. The Labute approximate surface area is 106 Å². The summed E-state index contributed by atoms with van der Waals surface area (Å²) in [5.41, 5.74) is 2.10. The lowest BCUT2D eigenvalue weighted by molar-refractivity contribution is 0.403. The number of likely N-dealkylation sites (N-methyl/N-ethyl adjacent to an activating group) is 1. The van der Waals surface area contributed by atoms with E-state index in [1.807, 2.05) is 25.2 Å². The second kappa shape index (κ2) is 5.40. The topological polar surface area (TPSA) is 56.6 Å². The largest absolute Gasteiger partial charge is 0.504 e. The fraction of sp³-hybridized carbons (Fsp3) is 0.214. The molecule has 94 valence electrons. The molecule has 0 spiro atoms. The summed E-state index contributed by atoms with van der Waals surface area (Å²) in [5.74, 6) is -0.152. The molecular formula is C14H16N2O2. The van der Waals surface area contributed by atoms with Crippen molar-refractivity contribution in [3.05, 3.63) is 48.3 Å². The van der Waals surface area contributed by atoms with Crippen LogP contribution in [0.3, 0.4) is 0 Å². The number of aromatic nitrogens is 1. The summed E-state index contributed by atoms with van der Waals surface area (Å²) in [6.07, 6.45) is 4.32. The zero-order valence-corrected chi connectivity index (χ0v) is 10.2. The Hall–Kier alpha value is -2.23. The van der Waals surface area contributed by atoms with Crippen LogP contribution in [0.5, 0.6) is 11.5 Å². The van der Waals surface area contributed by atoms with Crippen molar-refractivity contribution in [1.29, 1.82) is 0 Å². The summed E-state index contributed by atoms with van der Waals surface area (Å²) in [6, 6.07) is 8.82. The van der Waals surface area contributed by atoms with Gasteiger partial charge in [0.25, 0.3) is 0 Å². The van der Waals surface area contributed by atoms with Crippen molar-refractivity contribution in [2.24, 2.45) is 0 Å². The van der Waals surface area contributed by atoms with Crippen molar-refractivity contribution < 1.29 is 10.2 Å². The van der Waals surface area contributed by atoms with Crippen LogP contribution < -0.4 is 4.90 Å². The van der Waals surface area contributed by atoms with Crippen molar-refractivity contribution in [3.8, 4) is 11.5 Å². The van der Waals surface area contributed by atoms with E-state index < -0.39 is 0 Å². The molecule has 2 N–H and O–H groups in total. The predicted octanol–water partition coefficient (Wildman–Crippen LogP) is 2.17. The molecule has 1 aromatic carbocycles. The fourth-order valence-electron chi connectivity index (χ4n) is 1.75. The Morgan fingerprint density at radius 3 is 2.44 bits per heavy atom. The number of phenols is 2. The summed E-state index contributed by atoms with van der Waals surface area (Å²) in [6.45, 7) is 0.828. The van der Waals surface area contributed by atoms with Gasteiger partial charge in [0.15, 0.2) is 11.5 Å².